The maximum atomic E-state index is 12.5. The maximum Gasteiger partial charge on any atom is 0.337 e. The normalized spacial score (nSPS) is 10.9. The SMILES string of the molecule is COC(=O)c1ccc2nc(NC(=O)c3cc(=O)c4ccccc4o3)sc2c1. The van der Waals surface area contributed by atoms with Gasteiger partial charge in [-0.05, 0) is 30.3 Å². The smallest absolute Gasteiger partial charge is 0.337 e. The Kier molecular flexibility index (Phi) is 4.17. The van der Waals surface area contributed by atoms with Crippen LogP contribution in [0.2, 0.25) is 0 Å². The third kappa shape index (κ3) is 3.18. The quantitative estimate of drug-likeness (QED) is 0.547. The Balaban J connectivity index is 1.64. The van der Waals surface area contributed by atoms with Gasteiger partial charge in [-0.25, -0.2) is 9.78 Å². The fourth-order valence-corrected chi connectivity index (χ4v) is 3.50. The van der Waals surface area contributed by atoms with E-state index in [4.69, 9.17) is 9.15 Å². The number of aromatic nitrogens is 1. The van der Waals surface area contributed by atoms with Crippen LogP contribution in [0.15, 0.2) is 57.7 Å². The highest BCUT2D eigenvalue weighted by Gasteiger charge is 2.15. The molecule has 2 aromatic heterocycles. The van der Waals surface area contributed by atoms with E-state index in [1.807, 2.05) is 0 Å². The summed E-state index contributed by atoms with van der Waals surface area (Å²) in [6.07, 6.45) is 0. The van der Waals surface area contributed by atoms with Crippen LogP contribution in [0, 0.1) is 0 Å². The molecule has 0 radical (unpaired) electrons. The van der Waals surface area contributed by atoms with E-state index in [0.717, 1.165) is 6.07 Å². The minimum Gasteiger partial charge on any atom is -0.465 e. The molecule has 27 heavy (non-hydrogen) atoms. The Morgan fingerprint density at radius 3 is 2.78 bits per heavy atom. The Morgan fingerprint density at radius 2 is 1.96 bits per heavy atom. The molecule has 0 unspecified atom stereocenters. The summed E-state index contributed by atoms with van der Waals surface area (Å²) in [6.45, 7) is 0. The van der Waals surface area contributed by atoms with Crippen molar-refractivity contribution in [2.24, 2.45) is 0 Å². The van der Waals surface area contributed by atoms with Crippen LogP contribution >= 0.6 is 11.3 Å². The third-order valence-electron chi connectivity index (χ3n) is 3.89. The first-order valence-corrected chi connectivity index (χ1v) is 8.70. The van der Waals surface area contributed by atoms with Crippen LogP contribution < -0.4 is 10.7 Å². The Bertz CT molecular complexity index is 1260. The van der Waals surface area contributed by atoms with Crippen LogP contribution in [0.1, 0.15) is 20.9 Å². The highest BCUT2D eigenvalue weighted by atomic mass is 32.1. The number of carbonyl (C=O) groups excluding carboxylic acids is 2. The molecule has 7 nitrogen and oxygen atoms in total. The molecule has 4 aromatic rings. The van der Waals surface area contributed by atoms with Crippen LogP contribution in [-0.2, 0) is 4.74 Å². The number of fused-ring (bicyclic) bond motifs is 2. The van der Waals surface area contributed by atoms with Crippen molar-refractivity contribution in [3.8, 4) is 0 Å². The van der Waals surface area contributed by atoms with E-state index in [1.165, 1.54) is 18.4 Å². The van der Waals surface area contributed by atoms with E-state index >= 15 is 0 Å². The van der Waals surface area contributed by atoms with E-state index in [0.29, 0.717) is 31.9 Å². The van der Waals surface area contributed by atoms with Crippen LogP contribution in [0.4, 0.5) is 5.13 Å². The zero-order valence-electron chi connectivity index (χ0n) is 14.0. The first-order valence-electron chi connectivity index (χ1n) is 7.88. The van der Waals surface area contributed by atoms with Crippen molar-refractivity contribution >= 4 is 49.5 Å². The lowest BCUT2D eigenvalue weighted by molar-refractivity contribution is 0.0601. The molecule has 134 valence electrons. The van der Waals surface area contributed by atoms with E-state index < -0.39 is 11.9 Å². The number of carbonyl (C=O) groups is 2. The second kappa shape index (κ2) is 6.65. The van der Waals surface area contributed by atoms with Crippen LogP contribution in [0.25, 0.3) is 21.2 Å². The van der Waals surface area contributed by atoms with Crippen molar-refractivity contribution in [3.63, 3.8) is 0 Å². The van der Waals surface area contributed by atoms with E-state index in [2.05, 4.69) is 10.3 Å². The number of rotatable bonds is 3. The standard InChI is InChI=1S/C19H12N2O5S/c1-25-18(24)10-6-7-12-16(8-10)27-19(20-12)21-17(23)15-9-13(22)11-4-2-3-5-14(11)26-15/h2-9H,1H3,(H,20,21,23). The number of esters is 1. The lowest BCUT2D eigenvalue weighted by Gasteiger charge is -2.02. The fourth-order valence-electron chi connectivity index (χ4n) is 2.60. The molecule has 2 heterocycles. The van der Waals surface area contributed by atoms with Crippen LogP contribution in [0.5, 0.6) is 0 Å². The summed E-state index contributed by atoms with van der Waals surface area (Å²) >= 11 is 1.20. The Hall–Kier alpha value is -3.52. The van der Waals surface area contributed by atoms with Crippen molar-refractivity contribution in [1.29, 1.82) is 0 Å². The van der Waals surface area contributed by atoms with Gasteiger partial charge in [-0.2, -0.15) is 0 Å². The van der Waals surface area contributed by atoms with Crippen molar-refractivity contribution in [2.45, 2.75) is 0 Å². The highest BCUT2D eigenvalue weighted by molar-refractivity contribution is 7.22. The van der Waals surface area contributed by atoms with Gasteiger partial charge in [0.25, 0.3) is 5.91 Å². The third-order valence-corrected chi connectivity index (χ3v) is 4.82. The average molecular weight is 380 g/mol. The molecule has 0 spiro atoms. The number of hydrogen-bond acceptors (Lipinski definition) is 7. The lowest BCUT2D eigenvalue weighted by atomic mass is 10.2. The number of ether oxygens (including phenoxy) is 1. The number of amides is 1. The molecule has 0 aliphatic rings. The van der Waals surface area contributed by atoms with Crippen LogP contribution in [-0.4, -0.2) is 24.0 Å². The van der Waals surface area contributed by atoms with Gasteiger partial charge < -0.3 is 9.15 Å². The molecule has 8 heteroatoms. The van der Waals surface area contributed by atoms with E-state index in [-0.39, 0.29) is 11.2 Å². The number of nitrogens with one attached hydrogen (secondary N) is 1. The van der Waals surface area contributed by atoms with Gasteiger partial charge in [0.2, 0.25) is 0 Å². The summed E-state index contributed by atoms with van der Waals surface area (Å²) in [7, 11) is 1.31. The number of anilines is 1. The Morgan fingerprint density at radius 1 is 1.15 bits per heavy atom. The van der Waals surface area contributed by atoms with Gasteiger partial charge >= 0.3 is 5.97 Å². The molecule has 0 saturated carbocycles. The molecule has 0 bridgehead atoms. The number of methoxy groups -OCH3 is 1. The van der Waals surface area contributed by atoms with Gasteiger partial charge in [0, 0.05) is 6.07 Å². The number of nitrogens with zero attached hydrogens (tertiary/aromatic N) is 1. The summed E-state index contributed by atoms with van der Waals surface area (Å²) in [6, 6.07) is 12.8. The van der Waals surface area contributed by atoms with Gasteiger partial charge in [-0.15, -0.1) is 0 Å². The predicted molar refractivity (Wildman–Crippen MR) is 101 cm³/mol. The summed E-state index contributed by atoms with van der Waals surface area (Å²) < 4.78 is 10.9. The molecular weight excluding hydrogens is 368 g/mol. The van der Waals surface area contributed by atoms with E-state index in [1.54, 1.807) is 42.5 Å². The molecule has 2 aromatic carbocycles. The molecule has 0 atom stereocenters. The first kappa shape index (κ1) is 16.9. The molecule has 1 N–H and O–H groups in total. The monoisotopic (exact) mass is 380 g/mol. The topological polar surface area (TPSA) is 98.5 Å². The number of para-hydroxylation sites is 1. The molecule has 0 saturated heterocycles. The summed E-state index contributed by atoms with van der Waals surface area (Å²) in [5, 5.41) is 3.36. The summed E-state index contributed by atoms with van der Waals surface area (Å²) in [5.74, 6) is -1.13. The predicted octanol–water partition coefficient (Wildman–Crippen LogP) is 3.44. The Labute approximate surface area is 156 Å². The average Bonchev–Trinajstić information content (AvgIpc) is 3.08. The van der Waals surface area contributed by atoms with E-state index in [9.17, 15) is 14.4 Å². The second-order valence-corrected chi connectivity index (χ2v) is 6.65. The van der Waals surface area contributed by atoms with Gasteiger partial charge in [-0.1, -0.05) is 23.5 Å². The molecule has 1 amide bonds. The van der Waals surface area contributed by atoms with Gasteiger partial charge in [0.1, 0.15) is 5.58 Å². The number of benzene rings is 2. The van der Waals surface area contributed by atoms with Crippen LogP contribution in [0.3, 0.4) is 0 Å². The van der Waals surface area contributed by atoms with Crippen molar-refractivity contribution in [2.75, 3.05) is 12.4 Å². The molecule has 4 rings (SSSR count). The van der Waals surface area contributed by atoms with Crippen molar-refractivity contribution in [3.05, 3.63) is 70.1 Å². The highest BCUT2D eigenvalue weighted by Crippen LogP contribution is 2.27. The fraction of sp³-hybridized carbons (Fsp3) is 0.0526. The first-order chi connectivity index (χ1) is 13.0. The minimum absolute atomic E-state index is 0.104. The largest absolute Gasteiger partial charge is 0.465 e. The zero-order valence-corrected chi connectivity index (χ0v) is 14.8. The second-order valence-electron chi connectivity index (χ2n) is 5.62. The minimum atomic E-state index is -0.579. The maximum absolute atomic E-state index is 12.5. The number of thiazole rings is 1. The summed E-state index contributed by atoms with van der Waals surface area (Å²) in [4.78, 5) is 40.5. The van der Waals surface area contributed by atoms with Crippen molar-refractivity contribution in [1.82, 2.24) is 4.98 Å². The molecule has 0 fully saturated rings. The lowest BCUT2D eigenvalue weighted by Crippen LogP contribution is -2.14. The molecule has 0 aliphatic heterocycles. The zero-order chi connectivity index (χ0) is 19.0. The van der Waals surface area contributed by atoms with Gasteiger partial charge in [0.15, 0.2) is 16.3 Å². The van der Waals surface area contributed by atoms with Crippen molar-refractivity contribution < 1.29 is 18.7 Å². The number of hydrogen-bond donors (Lipinski definition) is 1. The molecular formula is C19H12N2O5S. The summed E-state index contributed by atoms with van der Waals surface area (Å²) in [5.41, 5.74) is 1.06. The van der Waals surface area contributed by atoms with Gasteiger partial charge in [0.05, 0.1) is 28.3 Å². The van der Waals surface area contributed by atoms with Gasteiger partial charge in [-0.3, -0.25) is 14.9 Å². The molecule has 0 aliphatic carbocycles.